The van der Waals surface area contributed by atoms with Crippen molar-refractivity contribution < 1.29 is 0 Å². The third-order valence-electron chi connectivity index (χ3n) is 5.82. The molecule has 1 heteroatoms. The molecule has 1 nitrogen and oxygen atoms in total. The van der Waals surface area contributed by atoms with E-state index in [1.165, 1.54) is 52.8 Å². The quantitative estimate of drug-likeness (QED) is 0.437. The first-order valence-corrected chi connectivity index (χ1v) is 9.43. The topological polar surface area (TPSA) is 3.24 Å². The lowest BCUT2D eigenvalue weighted by molar-refractivity contribution is 0.472. The lowest BCUT2D eigenvalue weighted by Gasteiger charge is -2.39. The van der Waals surface area contributed by atoms with Crippen molar-refractivity contribution in [2.24, 2.45) is 0 Å². The first kappa shape index (κ1) is 14.8. The second kappa shape index (κ2) is 6.07. The summed E-state index contributed by atoms with van der Waals surface area (Å²) in [7, 11) is 0. The molecule has 5 rings (SSSR count). The van der Waals surface area contributed by atoms with Gasteiger partial charge in [-0.3, -0.25) is 0 Å². The molecular weight excluding hydrogens is 302 g/mol. The summed E-state index contributed by atoms with van der Waals surface area (Å²) in [6.07, 6.45) is 4.94. The van der Waals surface area contributed by atoms with Crippen LogP contribution in [-0.2, 0) is 6.42 Å². The molecule has 2 aliphatic rings. The van der Waals surface area contributed by atoms with Crippen LogP contribution in [0.2, 0.25) is 0 Å². The number of piperidine rings is 1. The number of hydrogen-bond donors (Lipinski definition) is 0. The Hall–Kier alpha value is -2.54. The molecule has 0 N–H and O–H groups in total. The van der Waals surface area contributed by atoms with Crippen molar-refractivity contribution in [3.8, 4) is 11.1 Å². The molecule has 1 atom stereocenters. The molecule has 0 amide bonds. The standard InChI is InChI=1S/C24H23N/c1-2-9-18(10-3-1)23-14-6-7-16-25(23)24-15-8-13-21-20-12-5-4-11-19(20)17-22(21)24/h1-5,8-13,15,23H,6-7,14,16-17H2. The van der Waals surface area contributed by atoms with E-state index in [-0.39, 0.29) is 0 Å². The Balaban J connectivity index is 1.59. The Bertz CT molecular complexity index is 897. The molecule has 0 bridgehead atoms. The minimum Gasteiger partial charge on any atom is -0.364 e. The van der Waals surface area contributed by atoms with E-state index in [4.69, 9.17) is 0 Å². The predicted molar refractivity (Wildman–Crippen MR) is 105 cm³/mol. The molecular formula is C24H23N. The molecule has 1 unspecified atom stereocenters. The first-order valence-electron chi connectivity index (χ1n) is 9.43. The van der Waals surface area contributed by atoms with Crippen molar-refractivity contribution in [1.29, 1.82) is 0 Å². The summed E-state index contributed by atoms with van der Waals surface area (Å²) in [5.74, 6) is 0. The van der Waals surface area contributed by atoms with Gasteiger partial charge in [0.25, 0.3) is 0 Å². The Morgan fingerprint density at radius 1 is 0.720 bits per heavy atom. The van der Waals surface area contributed by atoms with E-state index in [0.717, 1.165) is 13.0 Å². The van der Waals surface area contributed by atoms with Crippen LogP contribution in [0.3, 0.4) is 0 Å². The molecule has 3 aromatic carbocycles. The average Bonchev–Trinajstić information content (AvgIpc) is 3.07. The molecule has 1 heterocycles. The summed E-state index contributed by atoms with van der Waals surface area (Å²) >= 11 is 0. The lowest BCUT2D eigenvalue weighted by atomic mass is 9.93. The van der Waals surface area contributed by atoms with Gasteiger partial charge in [0.05, 0.1) is 6.04 Å². The van der Waals surface area contributed by atoms with E-state index >= 15 is 0 Å². The third kappa shape index (κ3) is 2.46. The highest BCUT2D eigenvalue weighted by Crippen LogP contribution is 2.44. The van der Waals surface area contributed by atoms with Crippen LogP contribution in [0.25, 0.3) is 11.1 Å². The predicted octanol–water partition coefficient (Wildman–Crippen LogP) is 5.99. The third-order valence-corrected chi connectivity index (χ3v) is 5.82. The second-order valence-corrected chi connectivity index (χ2v) is 7.25. The Kier molecular flexibility index (Phi) is 3.59. The smallest absolute Gasteiger partial charge is 0.0542 e. The van der Waals surface area contributed by atoms with Crippen molar-refractivity contribution in [3.63, 3.8) is 0 Å². The van der Waals surface area contributed by atoms with Crippen molar-refractivity contribution in [2.75, 3.05) is 11.4 Å². The van der Waals surface area contributed by atoms with Gasteiger partial charge in [0.2, 0.25) is 0 Å². The van der Waals surface area contributed by atoms with Gasteiger partial charge in [-0.15, -0.1) is 0 Å². The van der Waals surface area contributed by atoms with E-state index in [1.807, 2.05) is 0 Å². The summed E-state index contributed by atoms with van der Waals surface area (Å²) in [5, 5.41) is 0. The van der Waals surface area contributed by atoms with Crippen molar-refractivity contribution in [1.82, 2.24) is 0 Å². The fraction of sp³-hybridized carbons (Fsp3) is 0.250. The summed E-state index contributed by atoms with van der Waals surface area (Å²) in [5.41, 5.74) is 8.75. The molecule has 0 spiro atoms. The van der Waals surface area contributed by atoms with Crippen molar-refractivity contribution in [3.05, 3.63) is 89.5 Å². The highest BCUT2D eigenvalue weighted by atomic mass is 15.2. The molecule has 1 saturated heterocycles. The molecule has 0 aromatic heterocycles. The van der Waals surface area contributed by atoms with Gasteiger partial charge in [0, 0.05) is 18.7 Å². The zero-order valence-electron chi connectivity index (χ0n) is 14.5. The van der Waals surface area contributed by atoms with Gasteiger partial charge in [0.1, 0.15) is 0 Å². The molecule has 3 aromatic rings. The first-order chi connectivity index (χ1) is 12.4. The average molecular weight is 325 g/mol. The van der Waals surface area contributed by atoms with Crippen molar-refractivity contribution in [2.45, 2.75) is 31.7 Å². The molecule has 124 valence electrons. The van der Waals surface area contributed by atoms with Crippen LogP contribution in [0.15, 0.2) is 72.8 Å². The van der Waals surface area contributed by atoms with Gasteiger partial charge in [-0.05, 0) is 53.1 Å². The van der Waals surface area contributed by atoms with E-state index < -0.39 is 0 Å². The molecule has 25 heavy (non-hydrogen) atoms. The van der Waals surface area contributed by atoms with Crippen molar-refractivity contribution >= 4 is 5.69 Å². The maximum absolute atomic E-state index is 2.67. The monoisotopic (exact) mass is 325 g/mol. The van der Waals surface area contributed by atoms with Gasteiger partial charge in [-0.2, -0.15) is 0 Å². The van der Waals surface area contributed by atoms with E-state index in [0.29, 0.717) is 6.04 Å². The van der Waals surface area contributed by atoms with Crippen LogP contribution in [0.1, 0.15) is 42.0 Å². The number of benzene rings is 3. The summed E-state index contributed by atoms with van der Waals surface area (Å²) in [4.78, 5) is 2.67. The van der Waals surface area contributed by atoms with Crippen LogP contribution in [0.5, 0.6) is 0 Å². The number of rotatable bonds is 2. The SMILES string of the molecule is c1ccc(C2CCCCN2c2cccc3c2Cc2ccccc2-3)cc1. The number of fused-ring (bicyclic) bond motifs is 3. The maximum Gasteiger partial charge on any atom is 0.0542 e. The zero-order valence-corrected chi connectivity index (χ0v) is 14.5. The Labute approximate surface area is 149 Å². The Morgan fingerprint density at radius 2 is 1.52 bits per heavy atom. The largest absolute Gasteiger partial charge is 0.364 e. The van der Waals surface area contributed by atoms with E-state index in [1.54, 1.807) is 0 Å². The van der Waals surface area contributed by atoms with Gasteiger partial charge in [-0.25, -0.2) is 0 Å². The fourth-order valence-electron chi connectivity index (χ4n) is 4.65. The molecule has 0 radical (unpaired) electrons. The molecule has 1 aliphatic carbocycles. The van der Waals surface area contributed by atoms with Gasteiger partial charge < -0.3 is 4.90 Å². The highest BCUT2D eigenvalue weighted by Gasteiger charge is 2.28. The minimum atomic E-state index is 0.505. The number of nitrogens with zero attached hydrogens (tertiary/aromatic N) is 1. The van der Waals surface area contributed by atoms with Gasteiger partial charge in [-0.1, -0.05) is 66.7 Å². The van der Waals surface area contributed by atoms with Crippen LogP contribution < -0.4 is 4.90 Å². The fourth-order valence-corrected chi connectivity index (χ4v) is 4.65. The molecule has 0 saturated carbocycles. The number of anilines is 1. The summed E-state index contributed by atoms with van der Waals surface area (Å²) in [6.45, 7) is 1.16. The van der Waals surface area contributed by atoms with Crippen LogP contribution >= 0.6 is 0 Å². The van der Waals surface area contributed by atoms with Crippen LogP contribution in [0.4, 0.5) is 5.69 Å². The number of hydrogen-bond acceptors (Lipinski definition) is 1. The Morgan fingerprint density at radius 3 is 2.44 bits per heavy atom. The van der Waals surface area contributed by atoms with Gasteiger partial charge >= 0.3 is 0 Å². The minimum absolute atomic E-state index is 0.505. The normalized spacial score (nSPS) is 18.7. The maximum atomic E-state index is 2.67. The van der Waals surface area contributed by atoms with Crippen LogP contribution in [-0.4, -0.2) is 6.54 Å². The highest BCUT2D eigenvalue weighted by molar-refractivity contribution is 5.82. The second-order valence-electron chi connectivity index (χ2n) is 7.25. The van der Waals surface area contributed by atoms with Gasteiger partial charge in [0.15, 0.2) is 0 Å². The van der Waals surface area contributed by atoms with Crippen LogP contribution in [0, 0.1) is 0 Å². The van der Waals surface area contributed by atoms with E-state index in [9.17, 15) is 0 Å². The lowest BCUT2D eigenvalue weighted by Crippen LogP contribution is -2.34. The summed E-state index contributed by atoms with van der Waals surface area (Å²) in [6, 6.07) is 27.3. The molecule has 1 fully saturated rings. The zero-order chi connectivity index (χ0) is 16.6. The molecule has 1 aliphatic heterocycles. The summed E-state index contributed by atoms with van der Waals surface area (Å²) < 4.78 is 0. The van der Waals surface area contributed by atoms with E-state index in [2.05, 4.69) is 77.7 Å².